The molecular formula is C21H27N3O5. The summed E-state index contributed by atoms with van der Waals surface area (Å²) in [4.78, 5) is 19.0. The highest BCUT2D eigenvalue weighted by molar-refractivity contribution is 5.81. The Bertz CT molecular complexity index is 873. The maximum Gasteiger partial charge on any atom is 0.263 e. The largest absolute Gasteiger partial charge is 0.480 e. The van der Waals surface area contributed by atoms with Gasteiger partial charge in [0, 0.05) is 31.5 Å². The summed E-state index contributed by atoms with van der Waals surface area (Å²) in [5.74, 6) is 2.72. The number of amides is 1. The van der Waals surface area contributed by atoms with E-state index < -0.39 is 11.7 Å². The molecule has 4 rings (SSSR count). The predicted octanol–water partition coefficient (Wildman–Crippen LogP) is 2.13. The maximum atomic E-state index is 13.0. The Kier molecular flexibility index (Phi) is 5.36. The Hall–Kier alpha value is -2.74. The second-order valence-electron chi connectivity index (χ2n) is 7.68. The molecule has 1 unspecified atom stereocenters. The molecule has 156 valence electrons. The molecule has 1 aromatic heterocycles. The van der Waals surface area contributed by atoms with Gasteiger partial charge in [0.25, 0.3) is 5.91 Å². The summed E-state index contributed by atoms with van der Waals surface area (Å²) in [7, 11) is 0. The van der Waals surface area contributed by atoms with Crippen LogP contribution in [0.25, 0.3) is 0 Å². The minimum absolute atomic E-state index is 0.0500. The Morgan fingerprint density at radius 3 is 2.76 bits per heavy atom. The van der Waals surface area contributed by atoms with Gasteiger partial charge >= 0.3 is 0 Å². The first-order chi connectivity index (χ1) is 14.0. The Labute approximate surface area is 170 Å². The van der Waals surface area contributed by atoms with Crippen molar-refractivity contribution in [2.75, 3.05) is 19.9 Å². The zero-order valence-corrected chi connectivity index (χ0v) is 16.8. The van der Waals surface area contributed by atoms with Gasteiger partial charge in [-0.2, -0.15) is 0 Å². The number of fused-ring (bicyclic) bond motifs is 1. The molecule has 29 heavy (non-hydrogen) atoms. The lowest BCUT2D eigenvalue weighted by Crippen LogP contribution is -2.51. The van der Waals surface area contributed by atoms with Crippen LogP contribution >= 0.6 is 0 Å². The van der Waals surface area contributed by atoms with Gasteiger partial charge in [-0.3, -0.25) is 4.79 Å². The van der Waals surface area contributed by atoms with Gasteiger partial charge in [-0.1, -0.05) is 6.92 Å². The highest BCUT2D eigenvalue weighted by Gasteiger charge is 2.36. The van der Waals surface area contributed by atoms with E-state index in [4.69, 9.17) is 14.2 Å². The molecule has 0 radical (unpaired) electrons. The monoisotopic (exact) mass is 401 g/mol. The first kappa shape index (κ1) is 19.6. The van der Waals surface area contributed by atoms with Crippen LogP contribution in [0, 0.1) is 6.92 Å². The number of hydrogen-bond donors (Lipinski definition) is 1. The molecule has 1 saturated heterocycles. The third-order valence-electron chi connectivity index (χ3n) is 5.66. The Morgan fingerprint density at radius 1 is 1.31 bits per heavy atom. The number of piperidine rings is 1. The number of aliphatic hydroxyl groups is 1. The number of carbonyl (C=O) groups is 1. The molecule has 8 nitrogen and oxygen atoms in total. The molecule has 8 heteroatoms. The molecule has 3 heterocycles. The van der Waals surface area contributed by atoms with Gasteiger partial charge in [-0.25, -0.2) is 4.98 Å². The summed E-state index contributed by atoms with van der Waals surface area (Å²) in [5, 5.41) is 10.9. The maximum absolute atomic E-state index is 13.0. The zero-order chi connectivity index (χ0) is 20.4. The second kappa shape index (κ2) is 7.94. The van der Waals surface area contributed by atoms with E-state index in [9.17, 15) is 9.90 Å². The van der Waals surface area contributed by atoms with Gasteiger partial charge in [-0.05, 0) is 38.3 Å². The van der Waals surface area contributed by atoms with Crippen molar-refractivity contribution in [3.05, 3.63) is 36.4 Å². The summed E-state index contributed by atoms with van der Waals surface area (Å²) in [6.07, 6.45) is 4.64. The van der Waals surface area contributed by atoms with Crippen LogP contribution in [-0.4, -0.2) is 57.1 Å². The number of hydrogen-bond acceptors (Lipinski definition) is 6. The molecular weight excluding hydrogens is 374 g/mol. The third-order valence-corrected chi connectivity index (χ3v) is 5.66. The van der Waals surface area contributed by atoms with E-state index in [2.05, 4.69) is 4.98 Å². The average molecular weight is 401 g/mol. The first-order valence-electron chi connectivity index (χ1n) is 10.0. The second-order valence-corrected chi connectivity index (χ2v) is 7.68. The number of aryl methyl sites for hydroxylation is 1. The molecule has 2 aliphatic heterocycles. The number of likely N-dealkylation sites (tertiary alicyclic amines) is 1. The third kappa shape index (κ3) is 4.17. The minimum Gasteiger partial charge on any atom is -0.480 e. The lowest BCUT2D eigenvalue weighted by molar-refractivity contribution is -0.143. The summed E-state index contributed by atoms with van der Waals surface area (Å²) in [6, 6.07) is 5.32. The molecule has 0 bridgehead atoms. The van der Waals surface area contributed by atoms with E-state index in [1.165, 1.54) is 0 Å². The zero-order valence-electron chi connectivity index (χ0n) is 16.8. The van der Waals surface area contributed by atoms with Crippen LogP contribution in [0.2, 0.25) is 0 Å². The molecule has 2 aromatic rings. The summed E-state index contributed by atoms with van der Waals surface area (Å²) in [5.41, 5.74) is -0.831. The van der Waals surface area contributed by atoms with E-state index in [0.29, 0.717) is 56.1 Å². The van der Waals surface area contributed by atoms with Crippen LogP contribution in [0.3, 0.4) is 0 Å². The smallest absolute Gasteiger partial charge is 0.263 e. The minimum atomic E-state index is -0.831. The summed E-state index contributed by atoms with van der Waals surface area (Å²) < 4.78 is 18.6. The van der Waals surface area contributed by atoms with Crippen molar-refractivity contribution in [3.63, 3.8) is 0 Å². The predicted molar refractivity (Wildman–Crippen MR) is 105 cm³/mol. The number of imidazole rings is 1. The number of aromatic nitrogens is 2. The normalized spacial score (nSPS) is 18.5. The van der Waals surface area contributed by atoms with Crippen LogP contribution < -0.4 is 14.2 Å². The first-order valence-corrected chi connectivity index (χ1v) is 10.0. The number of carbonyl (C=O) groups excluding carboxylic acids is 1. The van der Waals surface area contributed by atoms with Gasteiger partial charge in [0.05, 0.1) is 12.1 Å². The fourth-order valence-electron chi connectivity index (χ4n) is 3.82. The van der Waals surface area contributed by atoms with Crippen molar-refractivity contribution in [3.8, 4) is 17.2 Å². The Balaban J connectivity index is 1.35. The van der Waals surface area contributed by atoms with Crippen molar-refractivity contribution in [1.82, 2.24) is 14.5 Å². The number of benzene rings is 1. The number of nitrogens with zero attached hydrogens (tertiary/aromatic N) is 3. The molecule has 2 aliphatic rings. The molecule has 0 saturated carbocycles. The fraction of sp³-hybridized carbons (Fsp3) is 0.524. The Morgan fingerprint density at radius 2 is 2.07 bits per heavy atom. The summed E-state index contributed by atoms with van der Waals surface area (Å²) >= 11 is 0. The van der Waals surface area contributed by atoms with E-state index >= 15 is 0 Å². The quantitative estimate of drug-likeness (QED) is 0.798. The average Bonchev–Trinajstić information content (AvgIpc) is 3.34. The van der Waals surface area contributed by atoms with Crippen molar-refractivity contribution < 1.29 is 24.1 Å². The molecule has 1 atom stereocenters. The van der Waals surface area contributed by atoms with Gasteiger partial charge in [0.15, 0.2) is 17.6 Å². The van der Waals surface area contributed by atoms with Gasteiger partial charge in [-0.15, -0.1) is 0 Å². The number of ether oxygens (including phenoxy) is 3. The van der Waals surface area contributed by atoms with Crippen LogP contribution in [0.1, 0.15) is 32.0 Å². The van der Waals surface area contributed by atoms with Gasteiger partial charge in [0.1, 0.15) is 11.6 Å². The van der Waals surface area contributed by atoms with Gasteiger partial charge < -0.3 is 28.8 Å². The number of rotatable bonds is 6. The van der Waals surface area contributed by atoms with Crippen LogP contribution in [-0.2, 0) is 11.3 Å². The van der Waals surface area contributed by atoms with Crippen LogP contribution in [0.15, 0.2) is 30.6 Å². The van der Waals surface area contributed by atoms with E-state index in [0.717, 1.165) is 5.82 Å². The lowest BCUT2D eigenvalue weighted by Gasteiger charge is -2.39. The van der Waals surface area contributed by atoms with Crippen molar-refractivity contribution in [2.24, 2.45) is 0 Å². The SMILES string of the molecule is CCC(Oc1ccc2c(c1)OCO2)C(=O)N1CCC(O)(Cn2ccnc2C)CC1. The molecule has 1 amide bonds. The highest BCUT2D eigenvalue weighted by Crippen LogP contribution is 2.35. The lowest BCUT2D eigenvalue weighted by atomic mass is 9.91. The van der Waals surface area contributed by atoms with Crippen LogP contribution in [0.5, 0.6) is 17.2 Å². The van der Waals surface area contributed by atoms with Crippen molar-refractivity contribution in [2.45, 2.75) is 51.4 Å². The van der Waals surface area contributed by atoms with E-state index in [1.54, 1.807) is 29.3 Å². The fourth-order valence-corrected chi connectivity index (χ4v) is 3.82. The standard InChI is InChI=1S/C21H27N3O5/c1-3-17(29-16-4-5-18-19(12-16)28-14-27-18)20(25)23-9-6-21(26,7-10-23)13-24-11-8-22-15(24)2/h4-5,8,11-12,17,26H,3,6-7,9-10,13-14H2,1-2H3. The molecule has 0 aliphatic carbocycles. The van der Waals surface area contributed by atoms with Crippen LogP contribution in [0.4, 0.5) is 0 Å². The molecule has 1 fully saturated rings. The highest BCUT2D eigenvalue weighted by atomic mass is 16.7. The van der Waals surface area contributed by atoms with Gasteiger partial charge in [0.2, 0.25) is 6.79 Å². The van der Waals surface area contributed by atoms with Crippen molar-refractivity contribution in [1.29, 1.82) is 0 Å². The van der Waals surface area contributed by atoms with Crippen molar-refractivity contribution >= 4 is 5.91 Å². The molecule has 0 spiro atoms. The topological polar surface area (TPSA) is 86.0 Å². The summed E-state index contributed by atoms with van der Waals surface area (Å²) in [6.45, 7) is 5.54. The van der Waals surface area contributed by atoms with E-state index in [1.807, 2.05) is 24.6 Å². The van der Waals surface area contributed by atoms with E-state index in [-0.39, 0.29) is 12.7 Å². The molecule has 1 N–H and O–H groups in total. The molecule has 1 aromatic carbocycles.